The molecule has 0 unspecified atom stereocenters. The van der Waals surface area contributed by atoms with E-state index in [-0.39, 0.29) is 6.61 Å². The van der Waals surface area contributed by atoms with Crippen molar-refractivity contribution in [2.75, 3.05) is 0 Å². The SMILES string of the molecule is CC1CCC(c2ocnc2CO)CC1. The van der Waals surface area contributed by atoms with Crippen molar-refractivity contribution >= 4 is 0 Å². The highest BCUT2D eigenvalue weighted by Crippen LogP contribution is 2.36. The summed E-state index contributed by atoms with van der Waals surface area (Å²) >= 11 is 0. The Bertz CT molecular complexity index is 287. The molecule has 3 heteroatoms. The average molecular weight is 195 g/mol. The fraction of sp³-hybridized carbons (Fsp3) is 0.727. The van der Waals surface area contributed by atoms with Gasteiger partial charge in [0, 0.05) is 5.92 Å². The van der Waals surface area contributed by atoms with Gasteiger partial charge in [-0.3, -0.25) is 0 Å². The Morgan fingerprint density at radius 2 is 2.14 bits per heavy atom. The zero-order valence-electron chi connectivity index (χ0n) is 8.57. The van der Waals surface area contributed by atoms with E-state index in [9.17, 15) is 0 Å². The van der Waals surface area contributed by atoms with Gasteiger partial charge in [0.25, 0.3) is 0 Å². The summed E-state index contributed by atoms with van der Waals surface area (Å²) in [6.07, 6.45) is 6.30. The van der Waals surface area contributed by atoms with Crippen LogP contribution in [0.5, 0.6) is 0 Å². The second-order valence-electron chi connectivity index (χ2n) is 4.28. The summed E-state index contributed by atoms with van der Waals surface area (Å²) in [5.41, 5.74) is 0.726. The molecular formula is C11H17NO2. The van der Waals surface area contributed by atoms with Crippen LogP contribution in [0.25, 0.3) is 0 Å². The van der Waals surface area contributed by atoms with Gasteiger partial charge in [-0.1, -0.05) is 19.8 Å². The molecule has 78 valence electrons. The van der Waals surface area contributed by atoms with Crippen molar-refractivity contribution in [3.05, 3.63) is 17.8 Å². The Hall–Kier alpha value is -0.830. The van der Waals surface area contributed by atoms with E-state index in [1.54, 1.807) is 0 Å². The highest BCUT2D eigenvalue weighted by molar-refractivity contribution is 5.12. The molecular weight excluding hydrogens is 178 g/mol. The molecule has 0 spiro atoms. The van der Waals surface area contributed by atoms with Gasteiger partial charge >= 0.3 is 0 Å². The Kier molecular flexibility index (Phi) is 2.87. The van der Waals surface area contributed by atoms with Gasteiger partial charge in [0.1, 0.15) is 11.5 Å². The summed E-state index contributed by atoms with van der Waals surface area (Å²) in [5, 5.41) is 9.07. The minimum atomic E-state index is -0.00210. The molecule has 0 saturated heterocycles. The van der Waals surface area contributed by atoms with Crippen molar-refractivity contribution < 1.29 is 9.52 Å². The monoisotopic (exact) mass is 195 g/mol. The molecule has 1 N–H and O–H groups in total. The molecule has 0 aromatic carbocycles. The van der Waals surface area contributed by atoms with Gasteiger partial charge in [-0.05, 0) is 18.8 Å². The Morgan fingerprint density at radius 1 is 1.43 bits per heavy atom. The van der Waals surface area contributed by atoms with Crippen LogP contribution in [0.15, 0.2) is 10.8 Å². The second kappa shape index (κ2) is 4.13. The van der Waals surface area contributed by atoms with Crippen LogP contribution in [0.3, 0.4) is 0 Å². The van der Waals surface area contributed by atoms with Crippen LogP contribution in [-0.4, -0.2) is 10.1 Å². The molecule has 1 aliphatic carbocycles. The van der Waals surface area contributed by atoms with Crippen LogP contribution in [0.4, 0.5) is 0 Å². The molecule has 0 radical (unpaired) electrons. The third kappa shape index (κ3) is 1.82. The number of nitrogens with zero attached hydrogens (tertiary/aromatic N) is 1. The number of aliphatic hydroxyl groups excluding tert-OH is 1. The average Bonchev–Trinajstić information content (AvgIpc) is 2.67. The molecule has 1 saturated carbocycles. The number of aliphatic hydroxyl groups is 1. The molecule has 14 heavy (non-hydrogen) atoms. The van der Waals surface area contributed by atoms with Crippen LogP contribution in [0, 0.1) is 5.92 Å². The lowest BCUT2D eigenvalue weighted by atomic mass is 9.81. The first kappa shape index (κ1) is 9.71. The quantitative estimate of drug-likeness (QED) is 0.788. The lowest BCUT2D eigenvalue weighted by molar-refractivity contribution is 0.265. The van der Waals surface area contributed by atoms with Gasteiger partial charge in [0.05, 0.1) is 6.61 Å². The predicted octanol–water partition coefficient (Wildman–Crippen LogP) is 2.46. The third-order valence-electron chi connectivity index (χ3n) is 3.21. The summed E-state index contributed by atoms with van der Waals surface area (Å²) in [4.78, 5) is 4.01. The van der Waals surface area contributed by atoms with Crippen LogP contribution >= 0.6 is 0 Å². The van der Waals surface area contributed by atoms with Gasteiger partial charge in [0.2, 0.25) is 0 Å². The maximum Gasteiger partial charge on any atom is 0.181 e. The van der Waals surface area contributed by atoms with Gasteiger partial charge in [0.15, 0.2) is 6.39 Å². The van der Waals surface area contributed by atoms with Crippen LogP contribution in [-0.2, 0) is 6.61 Å². The van der Waals surface area contributed by atoms with E-state index in [2.05, 4.69) is 11.9 Å². The van der Waals surface area contributed by atoms with Crippen molar-refractivity contribution in [2.24, 2.45) is 5.92 Å². The lowest BCUT2D eigenvalue weighted by Gasteiger charge is -2.24. The first-order valence-electron chi connectivity index (χ1n) is 5.34. The maximum atomic E-state index is 9.07. The fourth-order valence-corrected chi connectivity index (χ4v) is 2.25. The van der Waals surface area contributed by atoms with Crippen molar-refractivity contribution in [2.45, 2.75) is 45.1 Å². The largest absolute Gasteiger partial charge is 0.448 e. The summed E-state index contributed by atoms with van der Waals surface area (Å²) in [5.74, 6) is 2.24. The highest BCUT2D eigenvalue weighted by Gasteiger charge is 2.24. The molecule has 1 aromatic heterocycles. The Morgan fingerprint density at radius 3 is 2.79 bits per heavy atom. The summed E-state index contributed by atoms with van der Waals surface area (Å²) in [7, 11) is 0. The minimum Gasteiger partial charge on any atom is -0.448 e. The van der Waals surface area contributed by atoms with Gasteiger partial charge in [-0.15, -0.1) is 0 Å². The zero-order valence-corrected chi connectivity index (χ0v) is 8.57. The molecule has 3 nitrogen and oxygen atoms in total. The molecule has 1 heterocycles. The van der Waals surface area contributed by atoms with Crippen molar-refractivity contribution in [3.8, 4) is 0 Å². The standard InChI is InChI=1S/C11H17NO2/c1-8-2-4-9(5-3-8)11-10(6-13)12-7-14-11/h7-9,13H,2-6H2,1H3. The van der Waals surface area contributed by atoms with E-state index in [1.807, 2.05) is 0 Å². The number of aromatic nitrogens is 1. The van der Waals surface area contributed by atoms with Gasteiger partial charge in [-0.25, -0.2) is 4.98 Å². The van der Waals surface area contributed by atoms with E-state index in [1.165, 1.54) is 32.1 Å². The van der Waals surface area contributed by atoms with E-state index >= 15 is 0 Å². The number of hydrogen-bond acceptors (Lipinski definition) is 3. The van der Waals surface area contributed by atoms with E-state index in [0.717, 1.165) is 17.4 Å². The summed E-state index contributed by atoms with van der Waals surface area (Å²) < 4.78 is 5.36. The first-order chi connectivity index (χ1) is 6.81. The number of hydrogen-bond donors (Lipinski definition) is 1. The summed E-state index contributed by atoms with van der Waals surface area (Å²) in [6.45, 7) is 2.29. The van der Waals surface area contributed by atoms with Crippen LogP contribution in [0.2, 0.25) is 0 Å². The number of oxazole rings is 1. The molecule has 2 rings (SSSR count). The molecule has 1 fully saturated rings. The van der Waals surface area contributed by atoms with E-state index in [4.69, 9.17) is 9.52 Å². The van der Waals surface area contributed by atoms with Crippen LogP contribution in [0.1, 0.15) is 50.0 Å². The molecule has 0 bridgehead atoms. The van der Waals surface area contributed by atoms with Gasteiger partial charge in [-0.2, -0.15) is 0 Å². The number of rotatable bonds is 2. The van der Waals surface area contributed by atoms with Crippen molar-refractivity contribution in [1.29, 1.82) is 0 Å². The smallest absolute Gasteiger partial charge is 0.181 e. The molecule has 0 atom stereocenters. The van der Waals surface area contributed by atoms with Gasteiger partial charge < -0.3 is 9.52 Å². The fourth-order valence-electron chi connectivity index (χ4n) is 2.25. The normalized spacial score (nSPS) is 27.9. The maximum absolute atomic E-state index is 9.07. The predicted molar refractivity (Wildman–Crippen MR) is 52.8 cm³/mol. The first-order valence-corrected chi connectivity index (χ1v) is 5.34. The lowest BCUT2D eigenvalue weighted by Crippen LogP contribution is -2.11. The topological polar surface area (TPSA) is 46.3 Å². The third-order valence-corrected chi connectivity index (χ3v) is 3.21. The molecule has 1 aliphatic rings. The van der Waals surface area contributed by atoms with Crippen molar-refractivity contribution in [3.63, 3.8) is 0 Å². The van der Waals surface area contributed by atoms with E-state index < -0.39 is 0 Å². The van der Waals surface area contributed by atoms with E-state index in [0.29, 0.717) is 5.92 Å². The molecule has 1 aromatic rings. The highest BCUT2D eigenvalue weighted by atomic mass is 16.3. The molecule has 0 amide bonds. The Balaban J connectivity index is 2.08. The zero-order chi connectivity index (χ0) is 9.97. The second-order valence-corrected chi connectivity index (χ2v) is 4.28. The summed E-state index contributed by atoms with van der Waals surface area (Å²) in [6, 6.07) is 0. The van der Waals surface area contributed by atoms with Crippen molar-refractivity contribution in [1.82, 2.24) is 4.98 Å². The minimum absolute atomic E-state index is 0.00210. The molecule has 0 aliphatic heterocycles. The Labute approximate surface area is 84.2 Å². The van der Waals surface area contributed by atoms with Crippen LogP contribution < -0.4 is 0 Å².